The number of rotatable bonds is 2. The van der Waals surface area contributed by atoms with Gasteiger partial charge in [-0.25, -0.2) is 0 Å². The minimum Gasteiger partial charge on any atom is -0.600 e. The summed E-state index contributed by atoms with van der Waals surface area (Å²) in [5, 5.41) is 20.9. The van der Waals surface area contributed by atoms with Crippen LogP contribution in [0.25, 0.3) is 16.3 Å². The zero-order valence-corrected chi connectivity index (χ0v) is 10.1. The van der Waals surface area contributed by atoms with Crippen LogP contribution in [0.4, 0.5) is 5.88 Å². The fourth-order valence-electron chi connectivity index (χ4n) is 1.80. The first-order chi connectivity index (χ1) is 9.29. The molecule has 0 saturated carbocycles. The van der Waals surface area contributed by atoms with E-state index < -0.39 is 6.08 Å². The maximum Gasteiger partial charge on any atom is 0.344 e. The largest absolute Gasteiger partial charge is 0.600 e. The SMILES string of the molecule is CCO/C([O-])=N\c1on[n+]2ncc3ccccc3c12. The Morgan fingerprint density at radius 1 is 1.47 bits per heavy atom. The van der Waals surface area contributed by atoms with Gasteiger partial charge in [-0.2, -0.15) is 4.99 Å². The van der Waals surface area contributed by atoms with Crippen LogP contribution in [0, 0.1) is 0 Å². The maximum atomic E-state index is 11.4. The van der Waals surface area contributed by atoms with Gasteiger partial charge in [0.25, 0.3) is 0 Å². The van der Waals surface area contributed by atoms with Crippen LogP contribution in [-0.4, -0.2) is 23.1 Å². The molecule has 7 heteroatoms. The summed E-state index contributed by atoms with van der Waals surface area (Å²) in [6.45, 7) is 1.96. The highest BCUT2D eigenvalue weighted by Crippen LogP contribution is 2.23. The molecule has 7 nitrogen and oxygen atoms in total. The van der Waals surface area contributed by atoms with Gasteiger partial charge >= 0.3 is 11.4 Å². The van der Waals surface area contributed by atoms with E-state index in [9.17, 15) is 5.11 Å². The second-order valence-electron chi connectivity index (χ2n) is 3.76. The third-order valence-electron chi connectivity index (χ3n) is 2.59. The molecule has 2 heterocycles. The Hall–Kier alpha value is -2.70. The van der Waals surface area contributed by atoms with Crippen LogP contribution in [0.5, 0.6) is 0 Å². The van der Waals surface area contributed by atoms with Gasteiger partial charge in [-0.15, -0.1) is 0 Å². The van der Waals surface area contributed by atoms with Gasteiger partial charge in [-0.1, -0.05) is 25.1 Å². The van der Waals surface area contributed by atoms with Gasteiger partial charge in [-0.05, 0) is 12.7 Å². The molecule has 0 spiro atoms. The lowest BCUT2D eigenvalue weighted by Crippen LogP contribution is -2.27. The summed E-state index contributed by atoms with van der Waals surface area (Å²) in [7, 11) is 0. The highest BCUT2D eigenvalue weighted by molar-refractivity contribution is 5.97. The van der Waals surface area contributed by atoms with Gasteiger partial charge < -0.3 is 9.84 Å². The molecule has 2 aromatic heterocycles. The maximum absolute atomic E-state index is 11.4. The number of hydrogen-bond acceptors (Lipinski definition) is 6. The number of aromatic nitrogens is 3. The fourth-order valence-corrected chi connectivity index (χ4v) is 1.80. The first-order valence-corrected chi connectivity index (χ1v) is 5.74. The molecule has 3 rings (SSSR count). The van der Waals surface area contributed by atoms with Crippen molar-refractivity contribution in [2.75, 3.05) is 6.61 Å². The van der Waals surface area contributed by atoms with E-state index in [1.165, 1.54) is 4.63 Å². The summed E-state index contributed by atoms with van der Waals surface area (Å²) >= 11 is 0. The molecular formula is C12H10N4O3. The molecule has 0 saturated heterocycles. The van der Waals surface area contributed by atoms with Gasteiger partial charge in [0.2, 0.25) is 5.27 Å². The Kier molecular flexibility index (Phi) is 2.71. The fraction of sp³-hybridized carbons (Fsp3) is 0.167. The summed E-state index contributed by atoms with van der Waals surface area (Å²) in [4.78, 5) is 3.74. The second-order valence-corrected chi connectivity index (χ2v) is 3.76. The molecular weight excluding hydrogens is 248 g/mol. The van der Waals surface area contributed by atoms with Gasteiger partial charge in [-0.3, -0.25) is 4.52 Å². The summed E-state index contributed by atoms with van der Waals surface area (Å²) in [5.41, 5.74) is 0.533. The minimum absolute atomic E-state index is 0.0859. The average molecular weight is 258 g/mol. The van der Waals surface area contributed by atoms with Crippen LogP contribution in [0.2, 0.25) is 0 Å². The minimum atomic E-state index is -0.714. The topological polar surface area (TPSA) is 87.7 Å². The number of fused-ring (bicyclic) bond motifs is 3. The van der Waals surface area contributed by atoms with E-state index in [4.69, 9.17) is 9.26 Å². The molecule has 0 radical (unpaired) electrons. The van der Waals surface area contributed by atoms with Crippen molar-refractivity contribution in [3.8, 4) is 0 Å². The van der Waals surface area contributed by atoms with E-state index >= 15 is 0 Å². The van der Waals surface area contributed by atoms with E-state index in [1.807, 2.05) is 24.3 Å². The Morgan fingerprint density at radius 3 is 3.16 bits per heavy atom. The van der Waals surface area contributed by atoms with Crippen molar-refractivity contribution in [1.82, 2.24) is 10.4 Å². The Labute approximate surface area is 107 Å². The molecule has 96 valence electrons. The van der Waals surface area contributed by atoms with E-state index in [-0.39, 0.29) is 12.5 Å². The number of nitrogens with zero attached hydrogens (tertiary/aromatic N) is 4. The molecule has 0 atom stereocenters. The van der Waals surface area contributed by atoms with Crippen molar-refractivity contribution in [3.05, 3.63) is 30.5 Å². The third kappa shape index (κ3) is 1.95. The summed E-state index contributed by atoms with van der Waals surface area (Å²) in [5.74, 6) is 0.0859. The molecule has 19 heavy (non-hydrogen) atoms. The summed E-state index contributed by atoms with van der Waals surface area (Å²) in [6, 6.07) is 7.57. The van der Waals surface area contributed by atoms with Gasteiger partial charge in [0, 0.05) is 10.5 Å². The quantitative estimate of drug-likeness (QED) is 0.376. The third-order valence-corrected chi connectivity index (χ3v) is 2.59. The summed E-state index contributed by atoms with van der Waals surface area (Å²) < 4.78 is 11.1. The van der Waals surface area contributed by atoms with E-state index in [0.717, 1.165) is 10.8 Å². The summed E-state index contributed by atoms with van der Waals surface area (Å²) in [6.07, 6.45) is 0.952. The normalized spacial score (nSPS) is 12.2. The van der Waals surface area contributed by atoms with Gasteiger partial charge in [0.05, 0.1) is 5.39 Å². The zero-order valence-electron chi connectivity index (χ0n) is 10.1. The lowest BCUT2D eigenvalue weighted by Gasteiger charge is -2.08. The molecule has 3 aromatic rings. The Bertz CT molecular complexity index is 766. The van der Waals surface area contributed by atoms with Crippen LogP contribution < -0.4 is 9.74 Å². The molecule has 0 fully saturated rings. The smallest absolute Gasteiger partial charge is 0.344 e. The Balaban J connectivity index is 2.26. The molecule has 0 aliphatic heterocycles. The van der Waals surface area contributed by atoms with E-state index in [1.54, 1.807) is 13.1 Å². The Morgan fingerprint density at radius 2 is 2.32 bits per heavy atom. The number of benzene rings is 1. The highest BCUT2D eigenvalue weighted by Gasteiger charge is 2.21. The first-order valence-electron chi connectivity index (χ1n) is 5.74. The molecule has 0 unspecified atom stereocenters. The van der Waals surface area contributed by atoms with Crippen molar-refractivity contribution in [1.29, 1.82) is 0 Å². The highest BCUT2D eigenvalue weighted by atomic mass is 16.6. The van der Waals surface area contributed by atoms with E-state index in [0.29, 0.717) is 5.52 Å². The standard InChI is InChI=1S/C12H10N4O3/c1-2-18-12(17)14-11-10-9-6-4-3-5-8(9)7-13-16(10)15-19-11/h3-7H,2H2,1H3. The average Bonchev–Trinajstić information content (AvgIpc) is 2.82. The van der Waals surface area contributed by atoms with Crippen LogP contribution >= 0.6 is 0 Å². The van der Waals surface area contributed by atoms with E-state index in [2.05, 4.69) is 15.4 Å². The molecule has 0 aliphatic carbocycles. The predicted molar refractivity (Wildman–Crippen MR) is 63.7 cm³/mol. The molecule has 0 aliphatic rings. The predicted octanol–water partition coefficient (Wildman–Crippen LogP) is 0.346. The lowest BCUT2D eigenvalue weighted by molar-refractivity contribution is -0.655. The van der Waals surface area contributed by atoms with Crippen molar-refractivity contribution >= 4 is 28.3 Å². The number of ether oxygens (including phenoxy) is 1. The van der Waals surface area contributed by atoms with Crippen molar-refractivity contribution in [2.24, 2.45) is 4.99 Å². The zero-order chi connectivity index (χ0) is 13.2. The van der Waals surface area contributed by atoms with Crippen LogP contribution in [0.15, 0.2) is 40.0 Å². The number of hydrogen-bond donors (Lipinski definition) is 0. The first kappa shape index (κ1) is 11.4. The second kappa shape index (κ2) is 4.52. The van der Waals surface area contributed by atoms with Crippen molar-refractivity contribution in [2.45, 2.75) is 6.92 Å². The van der Waals surface area contributed by atoms with Gasteiger partial charge in [0.1, 0.15) is 10.8 Å². The van der Waals surface area contributed by atoms with Crippen molar-refractivity contribution < 1.29 is 19.0 Å². The molecule has 0 N–H and O–H groups in total. The number of aliphatic imine (C=N–C) groups is 1. The molecule has 0 bridgehead atoms. The lowest BCUT2D eigenvalue weighted by atomic mass is 10.2. The van der Waals surface area contributed by atoms with Crippen LogP contribution in [-0.2, 0) is 4.74 Å². The monoisotopic (exact) mass is 258 g/mol. The molecule has 0 amide bonds. The molecule has 1 aromatic carbocycles. The van der Waals surface area contributed by atoms with Crippen molar-refractivity contribution in [3.63, 3.8) is 0 Å². The van der Waals surface area contributed by atoms with Gasteiger partial charge in [0.15, 0.2) is 6.08 Å². The van der Waals surface area contributed by atoms with Crippen LogP contribution in [0.3, 0.4) is 0 Å². The van der Waals surface area contributed by atoms with Crippen LogP contribution in [0.1, 0.15) is 6.92 Å².